The molecule has 23 heavy (non-hydrogen) atoms. The molecule has 8 heteroatoms. The zero-order valence-corrected chi connectivity index (χ0v) is 14.6. The smallest absolute Gasteiger partial charge is 0.276 e. The normalized spacial score (nSPS) is 17.1. The molecule has 0 amide bonds. The predicted octanol–water partition coefficient (Wildman–Crippen LogP) is 3.02. The molecule has 1 aliphatic heterocycles. The monoisotopic (exact) mass is 353 g/mol. The van der Waals surface area contributed by atoms with Crippen LogP contribution < -0.4 is 0 Å². The van der Waals surface area contributed by atoms with Gasteiger partial charge in [-0.15, -0.1) is 10.2 Å². The SMILES string of the molecule is CSc1nnc(-c2cccc(S(=O)(=O)N3CCCCCC3)c2)o1. The van der Waals surface area contributed by atoms with E-state index in [1.165, 1.54) is 11.8 Å². The Bertz CT molecular complexity index is 766. The van der Waals surface area contributed by atoms with E-state index in [1.54, 1.807) is 28.6 Å². The van der Waals surface area contributed by atoms with Crippen molar-refractivity contribution in [2.75, 3.05) is 19.3 Å². The lowest BCUT2D eigenvalue weighted by molar-refractivity contribution is 0.423. The molecule has 0 N–H and O–H groups in total. The minimum atomic E-state index is -3.48. The largest absolute Gasteiger partial charge is 0.411 e. The molecule has 0 aliphatic carbocycles. The summed E-state index contributed by atoms with van der Waals surface area (Å²) in [6.07, 6.45) is 5.86. The summed E-state index contributed by atoms with van der Waals surface area (Å²) in [5.41, 5.74) is 0.619. The molecule has 0 spiro atoms. The Kier molecular flexibility index (Phi) is 5.03. The number of benzene rings is 1. The average Bonchev–Trinajstić information content (AvgIpc) is 2.88. The number of aromatic nitrogens is 2. The van der Waals surface area contributed by atoms with E-state index in [4.69, 9.17) is 4.42 Å². The third kappa shape index (κ3) is 3.59. The van der Waals surface area contributed by atoms with Crippen molar-refractivity contribution in [2.24, 2.45) is 0 Å². The molecule has 1 aliphatic rings. The summed E-state index contributed by atoms with van der Waals surface area (Å²) in [7, 11) is -3.48. The zero-order chi connectivity index (χ0) is 16.3. The fourth-order valence-corrected chi connectivity index (χ4v) is 4.48. The molecule has 0 saturated carbocycles. The third-order valence-electron chi connectivity index (χ3n) is 3.86. The van der Waals surface area contributed by atoms with Gasteiger partial charge in [-0.05, 0) is 37.3 Å². The van der Waals surface area contributed by atoms with Gasteiger partial charge in [-0.2, -0.15) is 4.31 Å². The Hall–Kier alpha value is -1.38. The zero-order valence-electron chi connectivity index (χ0n) is 12.9. The van der Waals surface area contributed by atoms with Crippen molar-refractivity contribution < 1.29 is 12.8 Å². The van der Waals surface area contributed by atoms with Crippen LogP contribution in [-0.2, 0) is 10.0 Å². The number of thioether (sulfide) groups is 1. The molecule has 1 aromatic carbocycles. The average molecular weight is 353 g/mol. The lowest BCUT2D eigenvalue weighted by Gasteiger charge is -2.20. The highest BCUT2D eigenvalue weighted by Crippen LogP contribution is 2.26. The van der Waals surface area contributed by atoms with E-state index in [-0.39, 0.29) is 4.90 Å². The predicted molar refractivity (Wildman–Crippen MR) is 88.7 cm³/mol. The molecule has 2 heterocycles. The molecular formula is C15H19N3O3S2. The van der Waals surface area contributed by atoms with Gasteiger partial charge < -0.3 is 4.42 Å². The van der Waals surface area contributed by atoms with Crippen LogP contribution in [0.15, 0.2) is 38.8 Å². The van der Waals surface area contributed by atoms with E-state index in [0.717, 1.165) is 25.7 Å². The number of hydrogen-bond donors (Lipinski definition) is 0. The Balaban J connectivity index is 1.91. The van der Waals surface area contributed by atoms with Gasteiger partial charge in [-0.25, -0.2) is 8.42 Å². The molecule has 0 bridgehead atoms. The Morgan fingerprint density at radius 3 is 2.52 bits per heavy atom. The van der Waals surface area contributed by atoms with Crippen LogP contribution in [0.4, 0.5) is 0 Å². The molecule has 1 aromatic heterocycles. The van der Waals surface area contributed by atoms with Crippen molar-refractivity contribution in [1.29, 1.82) is 0 Å². The van der Waals surface area contributed by atoms with Gasteiger partial charge in [0.05, 0.1) is 4.90 Å². The maximum Gasteiger partial charge on any atom is 0.276 e. The first kappa shape index (κ1) is 16.5. The molecule has 0 unspecified atom stereocenters. The van der Waals surface area contributed by atoms with Crippen LogP contribution in [0.1, 0.15) is 25.7 Å². The molecule has 1 fully saturated rings. The highest BCUT2D eigenvalue weighted by molar-refractivity contribution is 7.98. The first-order valence-corrected chi connectivity index (χ1v) is 10.3. The lowest BCUT2D eigenvalue weighted by atomic mass is 10.2. The maximum atomic E-state index is 12.8. The minimum absolute atomic E-state index is 0.279. The second kappa shape index (κ2) is 7.02. The highest BCUT2D eigenvalue weighted by Gasteiger charge is 2.25. The van der Waals surface area contributed by atoms with Crippen LogP contribution in [0.2, 0.25) is 0 Å². The van der Waals surface area contributed by atoms with Gasteiger partial charge in [0.15, 0.2) is 0 Å². The molecule has 0 radical (unpaired) electrons. The quantitative estimate of drug-likeness (QED) is 0.787. The summed E-state index contributed by atoms with van der Waals surface area (Å²) in [5, 5.41) is 8.31. The van der Waals surface area contributed by atoms with Gasteiger partial charge in [0.25, 0.3) is 5.22 Å². The van der Waals surface area contributed by atoms with Gasteiger partial charge in [0.2, 0.25) is 15.9 Å². The van der Waals surface area contributed by atoms with Crippen LogP contribution in [0.3, 0.4) is 0 Å². The lowest BCUT2D eigenvalue weighted by Crippen LogP contribution is -2.31. The Labute approximate surface area is 140 Å². The van der Waals surface area contributed by atoms with Crippen LogP contribution >= 0.6 is 11.8 Å². The van der Waals surface area contributed by atoms with Crippen molar-refractivity contribution in [3.63, 3.8) is 0 Å². The molecule has 3 rings (SSSR count). The van der Waals surface area contributed by atoms with Crippen LogP contribution in [0, 0.1) is 0 Å². The summed E-state index contributed by atoms with van der Waals surface area (Å²) in [4.78, 5) is 0.279. The fourth-order valence-electron chi connectivity index (χ4n) is 2.63. The van der Waals surface area contributed by atoms with E-state index < -0.39 is 10.0 Å². The van der Waals surface area contributed by atoms with Crippen LogP contribution in [0.25, 0.3) is 11.5 Å². The summed E-state index contributed by atoms with van der Waals surface area (Å²) in [6, 6.07) is 6.72. The second-order valence-electron chi connectivity index (χ2n) is 5.42. The number of nitrogens with zero attached hydrogens (tertiary/aromatic N) is 3. The first-order valence-electron chi connectivity index (χ1n) is 7.59. The van der Waals surface area contributed by atoms with Gasteiger partial charge >= 0.3 is 0 Å². The minimum Gasteiger partial charge on any atom is -0.411 e. The molecular weight excluding hydrogens is 334 g/mol. The third-order valence-corrected chi connectivity index (χ3v) is 6.27. The Morgan fingerprint density at radius 2 is 1.87 bits per heavy atom. The van der Waals surface area contributed by atoms with Gasteiger partial charge in [-0.3, -0.25) is 0 Å². The summed E-state index contributed by atoms with van der Waals surface area (Å²) >= 11 is 1.35. The second-order valence-corrected chi connectivity index (χ2v) is 8.12. The van der Waals surface area contributed by atoms with Crippen LogP contribution in [-0.4, -0.2) is 42.3 Å². The number of rotatable bonds is 4. The van der Waals surface area contributed by atoms with Crippen molar-refractivity contribution >= 4 is 21.8 Å². The molecule has 124 valence electrons. The van der Waals surface area contributed by atoms with Crippen molar-refractivity contribution in [3.05, 3.63) is 24.3 Å². The van der Waals surface area contributed by atoms with Crippen molar-refractivity contribution in [2.45, 2.75) is 35.8 Å². The fraction of sp³-hybridized carbons (Fsp3) is 0.467. The molecule has 2 aromatic rings. The summed E-state index contributed by atoms with van der Waals surface area (Å²) in [5.74, 6) is 0.335. The molecule has 1 saturated heterocycles. The maximum absolute atomic E-state index is 12.8. The Morgan fingerprint density at radius 1 is 1.13 bits per heavy atom. The van der Waals surface area contributed by atoms with Gasteiger partial charge in [0.1, 0.15) is 0 Å². The van der Waals surface area contributed by atoms with E-state index in [0.29, 0.717) is 29.8 Å². The summed E-state index contributed by atoms with van der Waals surface area (Å²) < 4.78 is 32.7. The van der Waals surface area contributed by atoms with E-state index in [2.05, 4.69) is 10.2 Å². The molecule has 0 atom stereocenters. The standard InChI is InChI=1S/C15H19N3O3S2/c1-22-15-17-16-14(21-15)12-7-6-8-13(11-12)23(19,20)18-9-4-2-3-5-10-18/h6-8,11H,2-5,9-10H2,1H3. The number of sulfonamides is 1. The van der Waals surface area contributed by atoms with Crippen LogP contribution in [0.5, 0.6) is 0 Å². The topological polar surface area (TPSA) is 76.3 Å². The first-order chi connectivity index (χ1) is 11.1. The van der Waals surface area contributed by atoms with E-state index in [1.807, 2.05) is 6.26 Å². The van der Waals surface area contributed by atoms with Crippen molar-refractivity contribution in [3.8, 4) is 11.5 Å². The summed E-state index contributed by atoms with van der Waals surface area (Å²) in [6.45, 7) is 1.17. The number of hydrogen-bond acceptors (Lipinski definition) is 6. The molecule has 6 nitrogen and oxygen atoms in total. The van der Waals surface area contributed by atoms with Crippen molar-refractivity contribution in [1.82, 2.24) is 14.5 Å². The highest BCUT2D eigenvalue weighted by atomic mass is 32.2. The van der Waals surface area contributed by atoms with E-state index in [9.17, 15) is 8.42 Å². The van der Waals surface area contributed by atoms with Gasteiger partial charge in [0, 0.05) is 18.7 Å². The van der Waals surface area contributed by atoms with E-state index >= 15 is 0 Å². The van der Waals surface area contributed by atoms with Gasteiger partial charge in [-0.1, -0.05) is 30.7 Å².